The molecule has 2 N–H and O–H groups in total. The first-order valence-corrected chi connectivity index (χ1v) is 4.91. The average Bonchev–Trinajstić information content (AvgIpc) is 2.10. The van der Waals surface area contributed by atoms with Crippen LogP contribution in [0.3, 0.4) is 0 Å². The lowest BCUT2D eigenvalue weighted by Gasteiger charge is -2.13. The molecule has 14 heavy (non-hydrogen) atoms. The first kappa shape index (κ1) is 10.8. The smallest absolute Gasteiger partial charge is 0.222 e. The van der Waals surface area contributed by atoms with Gasteiger partial charge in [0.2, 0.25) is 5.88 Å². The van der Waals surface area contributed by atoms with Crippen LogP contribution in [0.4, 0.5) is 5.82 Å². The Hall–Kier alpha value is -1.32. The highest BCUT2D eigenvalue weighted by Gasteiger charge is 2.10. The number of aromatic nitrogens is 2. The Morgan fingerprint density at radius 3 is 2.71 bits per heavy atom. The van der Waals surface area contributed by atoms with Crippen LogP contribution in [-0.4, -0.2) is 16.1 Å². The van der Waals surface area contributed by atoms with Crippen molar-refractivity contribution in [1.29, 1.82) is 0 Å². The molecule has 0 aliphatic carbocycles. The molecule has 0 aliphatic rings. The molecule has 1 aromatic heterocycles. The average molecular weight is 195 g/mol. The molecule has 4 heteroatoms. The summed E-state index contributed by atoms with van der Waals surface area (Å²) in [6.07, 6.45) is 3.41. The van der Waals surface area contributed by atoms with Gasteiger partial charge in [-0.05, 0) is 20.3 Å². The molecular weight excluding hydrogens is 178 g/mol. The van der Waals surface area contributed by atoms with Crippen LogP contribution in [0.15, 0.2) is 6.33 Å². The van der Waals surface area contributed by atoms with E-state index in [1.165, 1.54) is 6.33 Å². The molecule has 0 bridgehead atoms. The van der Waals surface area contributed by atoms with E-state index in [1.807, 2.05) is 13.8 Å². The maximum Gasteiger partial charge on any atom is 0.222 e. The summed E-state index contributed by atoms with van der Waals surface area (Å²) in [7, 11) is 0. The van der Waals surface area contributed by atoms with Crippen LogP contribution in [0, 0.1) is 0 Å². The van der Waals surface area contributed by atoms with Gasteiger partial charge in [-0.3, -0.25) is 0 Å². The Kier molecular flexibility index (Phi) is 3.68. The van der Waals surface area contributed by atoms with E-state index in [4.69, 9.17) is 10.5 Å². The van der Waals surface area contributed by atoms with Crippen LogP contribution in [0.5, 0.6) is 5.88 Å². The molecule has 78 valence electrons. The molecule has 0 atom stereocenters. The van der Waals surface area contributed by atoms with E-state index in [-0.39, 0.29) is 6.10 Å². The third kappa shape index (κ3) is 2.58. The van der Waals surface area contributed by atoms with Crippen molar-refractivity contribution in [2.24, 2.45) is 0 Å². The van der Waals surface area contributed by atoms with E-state index in [0.717, 1.165) is 18.4 Å². The summed E-state index contributed by atoms with van der Waals surface area (Å²) >= 11 is 0. The van der Waals surface area contributed by atoms with Gasteiger partial charge in [0.1, 0.15) is 12.1 Å². The summed E-state index contributed by atoms with van der Waals surface area (Å²) in [4.78, 5) is 8.04. The van der Waals surface area contributed by atoms with Crippen molar-refractivity contribution in [2.45, 2.75) is 39.7 Å². The molecule has 0 unspecified atom stereocenters. The number of nitrogens with zero attached hydrogens (tertiary/aromatic N) is 2. The Balaban J connectivity index is 2.95. The van der Waals surface area contributed by atoms with Crippen molar-refractivity contribution in [3.05, 3.63) is 11.9 Å². The molecule has 0 spiro atoms. The van der Waals surface area contributed by atoms with Gasteiger partial charge in [0.05, 0.1) is 11.7 Å². The maximum absolute atomic E-state index is 5.75. The molecule has 1 rings (SSSR count). The fraction of sp³-hybridized carbons (Fsp3) is 0.600. The number of nitrogen functional groups attached to an aromatic ring is 1. The summed E-state index contributed by atoms with van der Waals surface area (Å²) in [6, 6.07) is 0. The molecule has 4 nitrogen and oxygen atoms in total. The highest BCUT2D eigenvalue weighted by atomic mass is 16.5. The van der Waals surface area contributed by atoms with E-state index in [1.54, 1.807) is 0 Å². The molecule has 0 aliphatic heterocycles. The van der Waals surface area contributed by atoms with Crippen molar-refractivity contribution < 1.29 is 4.74 Å². The number of anilines is 1. The van der Waals surface area contributed by atoms with E-state index >= 15 is 0 Å². The molecule has 0 aromatic carbocycles. The molecule has 0 radical (unpaired) electrons. The largest absolute Gasteiger partial charge is 0.475 e. The first-order chi connectivity index (χ1) is 6.65. The van der Waals surface area contributed by atoms with Crippen LogP contribution in [0.25, 0.3) is 0 Å². The number of rotatable bonds is 4. The van der Waals surface area contributed by atoms with Gasteiger partial charge in [-0.15, -0.1) is 0 Å². The first-order valence-electron chi connectivity index (χ1n) is 4.91. The molecule has 0 amide bonds. The van der Waals surface area contributed by atoms with Gasteiger partial charge in [0, 0.05) is 0 Å². The third-order valence-electron chi connectivity index (χ3n) is 1.79. The van der Waals surface area contributed by atoms with Crippen molar-refractivity contribution in [3.63, 3.8) is 0 Å². The lowest BCUT2D eigenvalue weighted by atomic mass is 10.2. The predicted molar refractivity (Wildman–Crippen MR) is 56.2 cm³/mol. The number of hydrogen-bond donors (Lipinski definition) is 1. The summed E-state index contributed by atoms with van der Waals surface area (Å²) < 4.78 is 5.55. The number of ether oxygens (including phenoxy) is 1. The summed E-state index contributed by atoms with van der Waals surface area (Å²) in [5, 5.41) is 0. The van der Waals surface area contributed by atoms with Crippen LogP contribution < -0.4 is 10.5 Å². The third-order valence-corrected chi connectivity index (χ3v) is 1.79. The summed E-state index contributed by atoms with van der Waals surface area (Å²) in [5.74, 6) is 1.15. The Bertz CT molecular complexity index is 299. The quantitative estimate of drug-likeness (QED) is 0.795. The van der Waals surface area contributed by atoms with Gasteiger partial charge >= 0.3 is 0 Å². The number of hydrogen-bond acceptors (Lipinski definition) is 4. The van der Waals surface area contributed by atoms with Crippen molar-refractivity contribution in [1.82, 2.24) is 9.97 Å². The van der Waals surface area contributed by atoms with Gasteiger partial charge in [-0.25, -0.2) is 9.97 Å². The Morgan fingerprint density at radius 2 is 2.14 bits per heavy atom. The zero-order valence-electron chi connectivity index (χ0n) is 8.95. The van der Waals surface area contributed by atoms with Crippen molar-refractivity contribution >= 4 is 5.82 Å². The second-order valence-corrected chi connectivity index (χ2v) is 3.46. The molecule has 1 aromatic rings. The van der Waals surface area contributed by atoms with E-state index in [9.17, 15) is 0 Å². The predicted octanol–water partition coefficient (Wildman–Crippen LogP) is 1.80. The molecule has 0 fully saturated rings. The van der Waals surface area contributed by atoms with E-state index < -0.39 is 0 Å². The minimum absolute atomic E-state index is 0.111. The van der Waals surface area contributed by atoms with Crippen molar-refractivity contribution in [3.8, 4) is 5.88 Å². The van der Waals surface area contributed by atoms with Crippen LogP contribution in [-0.2, 0) is 6.42 Å². The minimum Gasteiger partial charge on any atom is -0.475 e. The molecular formula is C10H17N3O. The van der Waals surface area contributed by atoms with Gasteiger partial charge < -0.3 is 10.5 Å². The maximum atomic E-state index is 5.75. The van der Waals surface area contributed by atoms with Crippen LogP contribution >= 0.6 is 0 Å². The SMILES string of the molecule is CCCc1c(N)ncnc1OC(C)C. The summed E-state index contributed by atoms with van der Waals surface area (Å²) in [6.45, 7) is 6.02. The standard InChI is InChI=1S/C10H17N3O/c1-4-5-8-9(11)12-6-13-10(8)14-7(2)3/h6-7H,4-5H2,1-3H3,(H2,11,12,13). The molecule has 0 saturated heterocycles. The molecule has 1 heterocycles. The van der Waals surface area contributed by atoms with E-state index in [2.05, 4.69) is 16.9 Å². The Morgan fingerprint density at radius 1 is 1.43 bits per heavy atom. The fourth-order valence-corrected chi connectivity index (χ4v) is 1.22. The minimum atomic E-state index is 0.111. The Labute approximate surface area is 84.5 Å². The van der Waals surface area contributed by atoms with Gasteiger partial charge in [0.15, 0.2) is 0 Å². The second-order valence-electron chi connectivity index (χ2n) is 3.46. The molecule has 0 saturated carbocycles. The topological polar surface area (TPSA) is 61.0 Å². The second kappa shape index (κ2) is 4.79. The zero-order chi connectivity index (χ0) is 10.6. The van der Waals surface area contributed by atoms with Crippen LogP contribution in [0.2, 0.25) is 0 Å². The fourth-order valence-electron chi connectivity index (χ4n) is 1.22. The summed E-state index contributed by atoms with van der Waals surface area (Å²) in [5.41, 5.74) is 6.67. The van der Waals surface area contributed by atoms with Gasteiger partial charge in [-0.2, -0.15) is 0 Å². The monoisotopic (exact) mass is 195 g/mol. The lowest BCUT2D eigenvalue weighted by Crippen LogP contribution is -2.11. The zero-order valence-corrected chi connectivity index (χ0v) is 8.95. The van der Waals surface area contributed by atoms with E-state index in [0.29, 0.717) is 11.7 Å². The number of nitrogens with two attached hydrogens (primary N) is 1. The lowest BCUT2D eigenvalue weighted by molar-refractivity contribution is 0.229. The highest BCUT2D eigenvalue weighted by Crippen LogP contribution is 2.21. The van der Waals surface area contributed by atoms with Gasteiger partial charge in [-0.1, -0.05) is 13.3 Å². The van der Waals surface area contributed by atoms with Gasteiger partial charge in [0.25, 0.3) is 0 Å². The highest BCUT2D eigenvalue weighted by molar-refractivity contribution is 5.44. The van der Waals surface area contributed by atoms with Crippen LogP contribution in [0.1, 0.15) is 32.8 Å². The normalized spacial score (nSPS) is 10.6. The van der Waals surface area contributed by atoms with Crippen molar-refractivity contribution in [2.75, 3.05) is 5.73 Å².